The third kappa shape index (κ3) is 4.42. The van der Waals surface area contributed by atoms with Gasteiger partial charge >= 0.3 is 5.97 Å². The predicted molar refractivity (Wildman–Crippen MR) is 126 cm³/mol. The van der Waals surface area contributed by atoms with E-state index in [4.69, 9.17) is 14.2 Å². The Hall–Kier alpha value is -3.80. The van der Waals surface area contributed by atoms with E-state index in [1.54, 1.807) is 29.2 Å². The Labute approximate surface area is 193 Å². The number of benzene rings is 3. The molecule has 0 saturated heterocycles. The molecule has 4 rings (SSSR count). The molecule has 0 bridgehead atoms. The van der Waals surface area contributed by atoms with Crippen molar-refractivity contribution in [2.24, 2.45) is 0 Å². The standard InChI is InChI=1S/C27H27NO5/c1-4-32-23-15-20-16-25(29)28(21-13-11-19(12-14-21)27(30)31-3)26(18-9-7-6-8-10-18)22(20)17-24(23)33-5-2/h6-15,17,26H,4-5,16H2,1-3H3/t26-/m0/s1. The molecule has 3 aromatic rings. The molecule has 1 aliphatic heterocycles. The summed E-state index contributed by atoms with van der Waals surface area (Å²) in [4.78, 5) is 27.1. The average Bonchev–Trinajstić information content (AvgIpc) is 2.84. The first-order valence-electron chi connectivity index (χ1n) is 11.0. The van der Waals surface area contributed by atoms with Crippen molar-refractivity contribution in [1.29, 1.82) is 0 Å². The van der Waals surface area contributed by atoms with Gasteiger partial charge in [-0.15, -0.1) is 0 Å². The van der Waals surface area contributed by atoms with Gasteiger partial charge in [0.1, 0.15) is 0 Å². The van der Waals surface area contributed by atoms with Gasteiger partial charge in [-0.3, -0.25) is 4.79 Å². The van der Waals surface area contributed by atoms with Crippen molar-refractivity contribution in [1.82, 2.24) is 0 Å². The molecular formula is C27H27NO5. The fourth-order valence-electron chi connectivity index (χ4n) is 4.23. The van der Waals surface area contributed by atoms with E-state index in [-0.39, 0.29) is 18.4 Å². The fraction of sp³-hybridized carbons (Fsp3) is 0.259. The Kier molecular flexibility index (Phi) is 6.63. The summed E-state index contributed by atoms with van der Waals surface area (Å²) in [6.07, 6.45) is 0.240. The minimum absolute atomic E-state index is 0.0335. The summed E-state index contributed by atoms with van der Waals surface area (Å²) in [6.45, 7) is 4.87. The summed E-state index contributed by atoms with van der Waals surface area (Å²) in [6, 6.07) is 20.4. The maximum Gasteiger partial charge on any atom is 0.337 e. The molecule has 33 heavy (non-hydrogen) atoms. The summed E-state index contributed by atoms with van der Waals surface area (Å²) >= 11 is 0. The van der Waals surface area contributed by atoms with E-state index in [9.17, 15) is 9.59 Å². The lowest BCUT2D eigenvalue weighted by Gasteiger charge is -2.38. The van der Waals surface area contributed by atoms with Crippen molar-refractivity contribution >= 4 is 17.6 Å². The van der Waals surface area contributed by atoms with Crippen LogP contribution in [0.5, 0.6) is 11.5 Å². The number of fused-ring (bicyclic) bond motifs is 1. The third-order valence-electron chi connectivity index (χ3n) is 5.65. The monoisotopic (exact) mass is 445 g/mol. The average molecular weight is 446 g/mol. The number of nitrogens with zero attached hydrogens (tertiary/aromatic N) is 1. The molecule has 0 aromatic heterocycles. The zero-order chi connectivity index (χ0) is 23.4. The molecule has 0 unspecified atom stereocenters. The SMILES string of the molecule is CCOc1cc2c(cc1OCC)[C@H](c1ccccc1)N(c1ccc(C(=O)OC)cc1)C(=O)C2. The van der Waals surface area contributed by atoms with Crippen molar-refractivity contribution in [2.75, 3.05) is 25.2 Å². The highest BCUT2D eigenvalue weighted by atomic mass is 16.5. The van der Waals surface area contributed by atoms with Gasteiger partial charge in [0, 0.05) is 5.69 Å². The van der Waals surface area contributed by atoms with Crippen LogP contribution in [-0.4, -0.2) is 32.2 Å². The highest BCUT2D eigenvalue weighted by Crippen LogP contribution is 2.43. The Balaban J connectivity index is 1.86. The first-order chi connectivity index (χ1) is 16.1. The fourth-order valence-corrected chi connectivity index (χ4v) is 4.23. The van der Waals surface area contributed by atoms with Gasteiger partial charge in [-0.25, -0.2) is 4.79 Å². The van der Waals surface area contributed by atoms with Crippen LogP contribution >= 0.6 is 0 Å². The van der Waals surface area contributed by atoms with E-state index >= 15 is 0 Å². The second kappa shape index (κ2) is 9.77. The molecule has 0 fully saturated rings. The summed E-state index contributed by atoms with van der Waals surface area (Å²) in [5.74, 6) is 0.859. The molecule has 0 spiro atoms. The number of rotatable bonds is 7. The Bertz CT molecular complexity index is 1140. The number of anilines is 1. The normalized spacial score (nSPS) is 15.1. The number of esters is 1. The van der Waals surface area contributed by atoms with Gasteiger partial charge in [-0.2, -0.15) is 0 Å². The zero-order valence-corrected chi connectivity index (χ0v) is 19.0. The van der Waals surface area contributed by atoms with Crippen LogP contribution < -0.4 is 14.4 Å². The Morgan fingerprint density at radius 3 is 2.18 bits per heavy atom. The van der Waals surface area contributed by atoms with Crippen LogP contribution in [0.2, 0.25) is 0 Å². The molecule has 6 nitrogen and oxygen atoms in total. The van der Waals surface area contributed by atoms with Gasteiger partial charge in [0.15, 0.2) is 11.5 Å². The lowest BCUT2D eigenvalue weighted by atomic mass is 9.86. The van der Waals surface area contributed by atoms with E-state index in [2.05, 4.69) is 0 Å². The molecule has 6 heteroatoms. The van der Waals surface area contributed by atoms with Crippen LogP contribution in [-0.2, 0) is 16.0 Å². The van der Waals surface area contributed by atoms with Crippen LogP contribution in [0.4, 0.5) is 5.69 Å². The molecule has 0 N–H and O–H groups in total. The van der Waals surface area contributed by atoms with Crippen LogP contribution in [0.3, 0.4) is 0 Å². The van der Waals surface area contributed by atoms with E-state index in [1.165, 1.54) is 7.11 Å². The summed E-state index contributed by atoms with van der Waals surface area (Å²) in [5, 5.41) is 0. The highest BCUT2D eigenvalue weighted by Gasteiger charge is 2.36. The van der Waals surface area contributed by atoms with E-state index in [1.807, 2.05) is 56.3 Å². The molecule has 170 valence electrons. The predicted octanol–water partition coefficient (Wildman–Crippen LogP) is 4.95. The van der Waals surface area contributed by atoms with Gasteiger partial charge in [0.05, 0.1) is 38.3 Å². The largest absolute Gasteiger partial charge is 0.490 e. The van der Waals surface area contributed by atoms with Crippen molar-refractivity contribution in [3.63, 3.8) is 0 Å². The number of carbonyl (C=O) groups excluding carboxylic acids is 2. The van der Waals surface area contributed by atoms with Crippen LogP contribution in [0.15, 0.2) is 66.7 Å². The van der Waals surface area contributed by atoms with Crippen molar-refractivity contribution in [3.05, 3.63) is 89.0 Å². The third-order valence-corrected chi connectivity index (χ3v) is 5.65. The summed E-state index contributed by atoms with van der Waals surface area (Å²) < 4.78 is 16.5. The number of carbonyl (C=O) groups is 2. The van der Waals surface area contributed by atoms with Crippen LogP contribution in [0.25, 0.3) is 0 Å². The molecule has 1 heterocycles. The van der Waals surface area contributed by atoms with Crippen LogP contribution in [0.1, 0.15) is 46.9 Å². The van der Waals surface area contributed by atoms with Gasteiger partial charge < -0.3 is 19.1 Å². The maximum atomic E-state index is 13.5. The van der Waals surface area contributed by atoms with Crippen molar-refractivity contribution < 1.29 is 23.8 Å². The van der Waals surface area contributed by atoms with Crippen molar-refractivity contribution in [2.45, 2.75) is 26.3 Å². The Morgan fingerprint density at radius 1 is 0.939 bits per heavy atom. The minimum Gasteiger partial charge on any atom is -0.490 e. The van der Waals surface area contributed by atoms with Crippen LogP contribution in [0, 0.1) is 0 Å². The Morgan fingerprint density at radius 2 is 1.58 bits per heavy atom. The number of amides is 1. The quantitative estimate of drug-likeness (QED) is 0.482. The van der Waals surface area contributed by atoms with Gasteiger partial charge in [-0.1, -0.05) is 30.3 Å². The lowest BCUT2D eigenvalue weighted by Crippen LogP contribution is -2.41. The summed E-state index contributed by atoms with van der Waals surface area (Å²) in [5.41, 5.74) is 4.03. The van der Waals surface area contributed by atoms with E-state index < -0.39 is 5.97 Å². The first-order valence-corrected chi connectivity index (χ1v) is 11.0. The number of hydrogen-bond acceptors (Lipinski definition) is 5. The topological polar surface area (TPSA) is 65.1 Å². The molecule has 0 saturated carbocycles. The molecule has 1 amide bonds. The molecular weight excluding hydrogens is 418 g/mol. The molecule has 1 atom stereocenters. The molecule has 1 aliphatic rings. The number of hydrogen-bond donors (Lipinski definition) is 0. The highest BCUT2D eigenvalue weighted by molar-refractivity contribution is 5.99. The minimum atomic E-state index is -0.415. The van der Waals surface area contributed by atoms with Crippen molar-refractivity contribution in [3.8, 4) is 11.5 Å². The zero-order valence-electron chi connectivity index (χ0n) is 19.0. The number of ether oxygens (including phenoxy) is 3. The lowest BCUT2D eigenvalue weighted by molar-refractivity contribution is -0.118. The van der Waals surface area contributed by atoms with Gasteiger partial charge in [0.2, 0.25) is 5.91 Å². The van der Waals surface area contributed by atoms with E-state index in [0.29, 0.717) is 36.0 Å². The summed E-state index contributed by atoms with van der Waals surface area (Å²) in [7, 11) is 1.35. The molecule has 0 aliphatic carbocycles. The maximum absolute atomic E-state index is 13.5. The van der Waals surface area contributed by atoms with E-state index in [0.717, 1.165) is 16.7 Å². The number of methoxy groups -OCH3 is 1. The smallest absolute Gasteiger partial charge is 0.337 e. The molecule has 3 aromatic carbocycles. The second-order valence-corrected chi connectivity index (χ2v) is 7.66. The first kappa shape index (κ1) is 22.4. The second-order valence-electron chi connectivity index (χ2n) is 7.66. The molecule has 0 radical (unpaired) electrons. The van der Waals surface area contributed by atoms with Gasteiger partial charge in [0.25, 0.3) is 0 Å². The van der Waals surface area contributed by atoms with Gasteiger partial charge in [-0.05, 0) is 66.9 Å².